The number of hydrogen-bond acceptors (Lipinski definition) is 4. The summed E-state index contributed by atoms with van der Waals surface area (Å²) in [5.41, 5.74) is 0.500. The van der Waals surface area contributed by atoms with E-state index in [9.17, 15) is 0 Å². The van der Waals surface area contributed by atoms with Gasteiger partial charge < -0.3 is 14.3 Å². The summed E-state index contributed by atoms with van der Waals surface area (Å²) in [5.74, 6) is 1.03. The molecule has 0 spiro atoms. The maximum Gasteiger partial charge on any atom is 0.230 e. The van der Waals surface area contributed by atoms with Crippen LogP contribution in [0.1, 0.15) is 12.7 Å². The minimum atomic E-state index is -0.175. The molecule has 4 heteroatoms. The zero-order valence-corrected chi connectivity index (χ0v) is 7.86. The molecule has 0 saturated heterocycles. The average molecular weight is 193 g/mol. The van der Waals surface area contributed by atoms with Crippen LogP contribution in [0.2, 0.25) is 0 Å². The smallest absolute Gasteiger partial charge is 0.230 e. The predicted molar refractivity (Wildman–Crippen MR) is 51.1 cm³/mol. The van der Waals surface area contributed by atoms with Crippen molar-refractivity contribution in [1.82, 2.24) is 4.98 Å². The molecule has 0 unspecified atom stereocenters. The van der Waals surface area contributed by atoms with E-state index in [1.54, 1.807) is 6.20 Å². The summed E-state index contributed by atoms with van der Waals surface area (Å²) in [7, 11) is 0. The molecule has 0 saturated carbocycles. The van der Waals surface area contributed by atoms with Gasteiger partial charge in [0.05, 0.1) is 12.0 Å². The Kier molecular flexibility index (Phi) is 2.37. The van der Waals surface area contributed by atoms with Crippen LogP contribution >= 0.6 is 0 Å². The van der Waals surface area contributed by atoms with Gasteiger partial charge in [-0.1, -0.05) is 0 Å². The Hall–Kier alpha value is -1.55. The number of ether oxygens (including phenoxy) is 1. The monoisotopic (exact) mass is 193 g/mol. The highest BCUT2D eigenvalue weighted by molar-refractivity contribution is 5.82. The van der Waals surface area contributed by atoms with Crippen molar-refractivity contribution in [2.75, 3.05) is 6.61 Å². The van der Waals surface area contributed by atoms with Crippen LogP contribution in [0.3, 0.4) is 0 Å². The first-order valence-electron chi connectivity index (χ1n) is 4.47. The number of aromatic nitrogens is 1. The van der Waals surface area contributed by atoms with Gasteiger partial charge in [0.25, 0.3) is 0 Å². The van der Waals surface area contributed by atoms with Crippen molar-refractivity contribution in [3.63, 3.8) is 0 Å². The van der Waals surface area contributed by atoms with E-state index in [1.165, 1.54) is 0 Å². The molecule has 2 aromatic heterocycles. The Bertz CT molecular complexity index is 436. The van der Waals surface area contributed by atoms with E-state index in [4.69, 9.17) is 14.3 Å². The van der Waals surface area contributed by atoms with E-state index in [0.29, 0.717) is 23.8 Å². The van der Waals surface area contributed by atoms with Gasteiger partial charge in [0, 0.05) is 6.20 Å². The number of aliphatic hydroxyl groups excluding tert-OH is 1. The van der Waals surface area contributed by atoms with E-state index in [1.807, 2.05) is 19.1 Å². The van der Waals surface area contributed by atoms with Crippen LogP contribution < -0.4 is 4.74 Å². The quantitative estimate of drug-likeness (QED) is 0.806. The normalized spacial score (nSPS) is 10.7. The van der Waals surface area contributed by atoms with Crippen molar-refractivity contribution in [1.29, 1.82) is 0 Å². The summed E-state index contributed by atoms with van der Waals surface area (Å²) in [6, 6.07) is 3.66. The van der Waals surface area contributed by atoms with E-state index >= 15 is 0 Å². The lowest BCUT2D eigenvalue weighted by Gasteiger charge is -2.00. The third-order valence-corrected chi connectivity index (χ3v) is 1.92. The Morgan fingerprint density at radius 1 is 1.57 bits per heavy atom. The molecule has 0 aliphatic heterocycles. The first-order chi connectivity index (χ1) is 6.86. The molecular formula is C10H11NO3. The largest absolute Gasteiger partial charge is 0.489 e. The summed E-state index contributed by atoms with van der Waals surface area (Å²) >= 11 is 0. The van der Waals surface area contributed by atoms with E-state index in [-0.39, 0.29) is 6.61 Å². The Labute approximate surface area is 81.1 Å². The molecular weight excluding hydrogens is 182 g/mol. The molecule has 14 heavy (non-hydrogen) atoms. The van der Waals surface area contributed by atoms with Crippen molar-refractivity contribution >= 4 is 11.1 Å². The molecule has 74 valence electrons. The topological polar surface area (TPSA) is 55.5 Å². The summed E-state index contributed by atoms with van der Waals surface area (Å²) in [6.45, 7) is 2.25. The maximum atomic E-state index is 9.04. The average Bonchev–Trinajstić information content (AvgIpc) is 2.58. The van der Waals surface area contributed by atoms with Crippen LogP contribution in [0.4, 0.5) is 0 Å². The minimum Gasteiger partial charge on any atom is -0.489 e. The van der Waals surface area contributed by atoms with Crippen LogP contribution in [0.25, 0.3) is 11.1 Å². The fourth-order valence-electron chi connectivity index (χ4n) is 1.36. The molecule has 2 aromatic rings. The second-order valence-corrected chi connectivity index (χ2v) is 2.80. The standard InChI is InChI=1S/C10H11NO3/c1-2-13-9-7-4-3-5-11-10(7)14-8(9)6-12/h3-5,12H,2,6H2,1H3. The number of rotatable bonds is 3. The van der Waals surface area contributed by atoms with E-state index in [2.05, 4.69) is 4.98 Å². The number of nitrogens with zero attached hydrogens (tertiary/aromatic N) is 1. The van der Waals surface area contributed by atoms with Crippen LogP contribution in [-0.2, 0) is 6.61 Å². The van der Waals surface area contributed by atoms with Gasteiger partial charge in [-0.2, -0.15) is 0 Å². The second-order valence-electron chi connectivity index (χ2n) is 2.80. The SMILES string of the molecule is CCOc1c(CO)oc2ncccc12. The molecule has 0 aromatic carbocycles. The molecule has 0 aliphatic carbocycles. The van der Waals surface area contributed by atoms with Crippen LogP contribution in [-0.4, -0.2) is 16.7 Å². The minimum absolute atomic E-state index is 0.175. The summed E-state index contributed by atoms with van der Waals surface area (Å²) in [5, 5.41) is 9.85. The zero-order chi connectivity index (χ0) is 9.97. The molecule has 0 bridgehead atoms. The van der Waals surface area contributed by atoms with Gasteiger partial charge in [0.2, 0.25) is 5.71 Å². The lowest BCUT2D eigenvalue weighted by atomic mass is 10.3. The molecule has 2 heterocycles. The Morgan fingerprint density at radius 2 is 2.43 bits per heavy atom. The first kappa shape index (κ1) is 9.02. The third kappa shape index (κ3) is 1.33. The molecule has 4 nitrogen and oxygen atoms in total. The van der Waals surface area contributed by atoms with Gasteiger partial charge in [0.15, 0.2) is 11.5 Å². The van der Waals surface area contributed by atoms with E-state index < -0.39 is 0 Å². The van der Waals surface area contributed by atoms with Gasteiger partial charge >= 0.3 is 0 Å². The van der Waals surface area contributed by atoms with Gasteiger partial charge in [-0.3, -0.25) is 0 Å². The highest BCUT2D eigenvalue weighted by Crippen LogP contribution is 2.31. The van der Waals surface area contributed by atoms with Crippen LogP contribution in [0, 0.1) is 0 Å². The molecule has 1 N–H and O–H groups in total. The van der Waals surface area contributed by atoms with Crippen molar-refractivity contribution in [3.05, 3.63) is 24.1 Å². The van der Waals surface area contributed by atoms with Crippen molar-refractivity contribution in [3.8, 4) is 5.75 Å². The highest BCUT2D eigenvalue weighted by atomic mass is 16.5. The number of furan rings is 1. The fourth-order valence-corrected chi connectivity index (χ4v) is 1.36. The molecule has 2 rings (SSSR count). The second kappa shape index (κ2) is 3.67. The molecule has 0 amide bonds. The lowest BCUT2D eigenvalue weighted by Crippen LogP contribution is -1.93. The molecule has 0 radical (unpaired) electrons. The van der Waals surface area contributed by atoms with Crippen molar-refractivity contribution in [2.45, 2.75) is 13.5 Å². The van der Waals surface area contributed by atoms with Gasteiger partial charge in [-0.15, -0.1) is 0 Å². The Morgan fingerprint density at radius 3 is 3.14 bits per heavy atom. The van der Waals surface area contributed by atoms with Crippen molar-refractivity contribution < 1.29 is 14.3 Å². The third-order valence-electron chi connectivity index (χ3n) is 1.92. The predicted octanol–water partition coefficient (Wildman–Crippen LogP) is 1.72. The van der Waals surface area contributed by atoms with Crippen LogP contribution in [0.5, 0.6) is 5.75 Å². The summed E-state index contributed by atoms with van der Waals surface area (Å²) < 4.78 is 10.7. The number of aliphatic hydroxyl groups is 1. The molecule has 0 aliphatic rings. The van der Waals surface area contributed by atoms with Crippen molar-refractivity contribution in [2.24, 2.45) is 0 Å². The van der Waals surface area contributed by atoms with Gasteiger partial charge in [-0.05, 0) is 19.1 Å². The number of fused-ring (bicyclic) bond motifs is 1. The summed E-state index contributed by atoms with van der Waals surface area (Å²) in [4.78, 5) is 4.03. The highest BCUT2D eigenvalue weighted by Gasteiger charge is 2.14. The zero-order valence-electron chi connectivity index (χ0n) is 7.86. The Balaban J connectivity index is 2.61. The molecule has 0 atom stereocenters. The first-order valence-corrected chi connectivity index (χ1v) is 4.47. The number of pyridine rings is 1. The van der Waals surface area contributed by atoms with Gasteiger partial charge in [0.1, 0.15) is 6.61 Å². The van der Waals surface area contributed by atoms with E-state index in [0.717, 1.165) is 5.39 Å². The fraction of sp³-hybridized carbons (Fsp3) is 0.300. The summed E-state index contributed by atoms with van der Waals surface area (Å²) in [6.07, 6.45) is 1.64. The van der Waals surface area contributed by atoms with Gasteiger partial charge in [-0.25, -0.2) is 4.98 Å². The molecule has 0 fully saturated rings. The van der Waals surface area contributed by atoms with Crippen LogP contribution in [0.15, 0.2) is 22.7 Å². The number of hydrogen-bond donors (Lipinski definition) is 1. The lowest BCUT2D eigenvalue weighted by molar-refractivity contribution is 0.235. The maximum absolute atomic E-state index is 9.04.